The van der Waals surface area contributed by atoms with Gasteiger partial charge in [0.25, 0.3) is 0 Å². The van der Waals surface area contributed by atoms with Crippen LogP contribution in [0.4, 0.5) is 5.95 Å². The fourth-order valence-corrected chi connectivity index (χ4v) is 3.90. The molecule has 0 saturated heterocycles. The van der Waals surface area contributed by atoms with E-state index in [2.05, 4.69) is 10.3 Å². The summed E-state index contributed by atoms with van der Waals surface area (Å²) >= 11 is 0. The Balaban J connectivity index is 1.86. The minimum atomic E-state index is -0.611. The Hall–Kier alpha value is -4.21. The van der Waals surface area contributed by atoms with Gasteiger partial charge in [-0.1, -0.05) is 6.07 Å². The second-order valence-electron chi connectivity index (χ2n) is 7.32. The van der Waals surface area contributed by atoms with Crippen molar-refractivity contribution in [3.63, 3.8) is 0 Å². The predicted molar refractivity (Wildman–Crippen MR) is 122 cm³/mol. The number of hydrogen-bond donors (Lipinski definition) is 2. The zero-order chi connectivity index (χ0) is 23.7. The lowest BCUT2D eigenvalue weighted by molar-refractivity contribution is -0.115. The maximum Gasteiger partial charge on any atom is 0.248 e. The van der Waals surface area contributed by atoms with Gasteiger partial charge in [0.15, 0.2) is 28.8 Å². The Labute approximate surface area is 190 Å². The average molecular weight is 451 g/mol. The highest BCUT2D eigenvalue weighted by atomic mass is 16.5. The molecule has 1 aliphatic heterocycles. The van der Waals surface area contributed by atoms with Crippen molar-refractivity contribution in [2.75, 3.05) is 33.8 Å². The summed E-state index contributed by atoms with van der Waals surface area (Å²) in [5, 5.41) is 7.85. The van der Waals surface area contributed by atoms with Crippen molar-refractivity contribution < 1.29 is 23.7 Å². The molecule has 2 heterocycles. The van der Waals surface area contributed by atoms with E-state index >= 15 is 0 Å². The molecule has 1 unspecified atom stereocenters. The Bertz CT molecular complexity index is 1250. The third-order valence-corrected chi connectivity index (χ3v) is 5.48. The van der Waals surface area contributed by atoms with Crippen molar-refractivity contribution in [1.29, 1.82) is 0 Å². The zero-order valence-corrected chi connectivity index (χ0v) is 19.0. The molecule has 1 aliphatic rings. The summed E-state index contributed by atoms with van der Waals surface area (Å²) in [4.78, 5) is 17.1. The summed E-state index contributed by atoms with van der Waals surface area (Å²) < 4.78 is 23.2. The number of rotatable bonds is 7. The molecular formula is C23H25N5O5. The van der Waals surface area contributed by atoms with Gasteiger partial charge in [0, 0.05) is 11.3 Å². The maximum atomic E-state index is 12.4. The molecule has 1 amide bonds. The number of aromatic nitrogens is 3. The number of methoxy groups -OCH3 is 4. The molecule has 0 aliphatic carbocycles. The number of nitrogens with one attached hydrogen (secondary N) is 1. The molecule has 0 spiro atoms. The minimum absolute atomic E-state index is 0.374. The fourth-order valence-electron chi connectivity index (χ4n) is 3.90. The van der Waals surface area contributed by atoms with E-state index < -0.39 is 11.9 Å². The van der Waals surface area contributed by atoms with E-state index in [0.29, 0.717) is 46.0 Å². The molecule has 4 rings (SSSR count). The van der Waals surface area contributed by atoms with Crippen molar-refractivity contribution in [1.82, 2.24) is 14.8 Å². The van der Waals surface area contributed by atoms with E-state index in [1.807, 2.05) is 12.1 Å². The number of carbonyl (C=O) groups is 1. The lowest BCUT2D eigenvalue weighted by Gasteiger charge is -2.28. The number of primary amides is 1. The standard InChI is InChI=1S/C23H25N5O5/c1-12-19(21(24)29)20(13-6-8-15(30-2)17(10-13)32-4)28-23(25-12)26-22(27-28)14-7-9-16(31-3)18(11-14)33-5/h6-11,20H,1-5H3,(H2,24,29)(H,25,26,27). The Morgan fingerprint density at radius 3 is 2.15 bits per heavy atom. The summed E-state index contributed by atoms with van der Waals surface area (Å²) in [5.74, 6) is 2.61. The van der Waals surface area contributed by atoms with Gasteiger partial charge in [-0.05, 0) is 42.8 Å². The predicted octanol–water partition coefficient (Wildman–Crippen LogP) is 2.75. The quantitative estimate of drug-likeness (QED) is 0.562. The lowest BCUT2D eigenvalue weighted by atomic mass is 9.95. The van der Waals surface area contributed by atoms with Crippen LogP contribution in [0.1, 0.15) is 18.5 Å². The number of hydrogen-bond acceptors (Lipinski definition) is 8. The fraction of sp³-hybridized carbons (Fsp3) is 0.261. The molecule has 2 aromatic carbocycles. The molecule has 172 valence electrons. The van der Waals surface area contributed by atoms with Crippen LogP contribution >= 0.6 is 0 Å². The van der Waals surface area contributed by atoms with Gasteiger partial charge >= 0.3 is 0 Å². The molecule has 10 nitrogen and oxygen atoms in total. The third kappa shape index (κ3) is 3.79. The van der Waals surface area contributed by atoms with E-state index in [1.54, 1.807) is 64.3 Å². The summed E-state index contributed by atoms with van der Waals surface area (Å²) in [6.07, 6.45) is 0. The summed E-state index contributed by atoms with van der Waals surface area (Å²) in [6.45, 7) is 1.78. The van der Waals surface area contributed by atoms with E-state index in [4.69, 9.17) is 29.8 Å². The number of amides is 1. The molecular weight excluding hydrogens is 426 g/mol. The Morgan fingerprint density at radius 2 is 1.55 bits per heavy atom. The molecule has 3 N–H and O–H groups in total. The van der Waals surface area contributed by atoms with Crippen molar-refractivity contribution in [2.24, 2.45) is 5.73 Å². The number of ether oxygens (including phenoxy) is 4. The SMILES string of the molecule is COc1ccc(-c2nc3n(n2)C(c2ccc(OC)c(OC)c2)C(C(N)=O)=C(C)N3)cc1OC. The molecule has 0 fully saturated rings. The van der Waals surface area contributed by atoms with Crippen LogP contribution in [0.2, 0.25) is 0 Å². The molecule has 1 atom stereocenters. The Kier molecular flexibility index (Phi) is 5.82. The largest absolute Gasteiger partial charge is 0.493 e. The van der Waals surface area contributed by atoms with Gasteiger partial charge in [-0.3, -0.25) is 4.79 Å². The lowest BCUT2D eigenvalue weighted by Crippen LogP contribution is -2.31. The van der Waals surface area contributed by atoms with Crippen LogP contribution in [0.5, 0.6) is 23.0 Å². The number of allylic oxidation sites excluding steroid dienone is 1. The molecule has 0 saturated carbocycles. The van der Waals surface area contributed by atoms with Gasteiger partial charge in [0.1, 0.15) is 6.04 Å². The first-order valence-electron chi connectivity index (χ1n) is 10.1. The van der Waals surface area contributed by atoms with Crippen LogP contribution in [-0.4, -0.2) is 49.1 Å². The molecule has 1 aromatic heterocycles. The number of benzene rings is 2. The van der Waals surface area contributed by atoms with Crippen LogP contribution in [-0.2, 0) is 4.79 Å². The van der Waals surface area contributed by atoms with E-state index in [0.717, 1.165) is 11.1 Å². The van der Waals surface area contributed by atoms with E-state index in [9.17, 15) is 4.79 Å². The van der Waals surface area contributed by atoms with Gasteiger partial charge in [0.05, 0.1) is 34.0 Å². The van der Waals surface area contributed by atoms with Gasteiger partial charge in [-0.15, -0.1) is 5.10 Å². The van der Waals surface area contributed by atoms with Crippen molar-refractivity contribution in [3.8, 4) is 34.4 Å². The first kappa shape index (κ1) is 22.0. The van der Waals surface area contributed by atoms with Gasteiger partial charge in [-0.2, -0.15) is 4.98 Å². The number of anilines is 1. The highest BCUT2D eigenvalue weighted by Crippen LogP contribution is 2.40. The van der Waals surface area contributed by atoms with Crippen LogP contribution in [0, 0.1) is 0 Å². The number of nitrogens with zero attached hydrogens (tertiary/aromatic N) is 3. The Morgan fingerprint density at radius 1 is 0.939 bits per heavy atom. The minimum Gasteiger partial charge on any atom is -0.493 e. The second-order valence-corrected chi connectivity index (χ2v) is 7.32. The van der Waals surface area contributed by atoms with Crippen molar-refractivity contribution >= 4 is 11.9 Å². The van der Waals surface area contributed by atoms with E-state index in [1.165, 1.54) is 0 Å². The van der Waals surface area contributed by atoms with Crippen molar-refractivity contribution in [2.45, 2.75) is 13.0 Å². The van der Waals surface area contributed by atoms with Crippen LogP contribution < -0.4 is 30.0 Å². The molecule has 0 bridgehead atoms. The highest BCUT2D eigenvalue weighted by Gasteiger charge is 2.34. The van der Waals surface area contributed by atoms with Gasteiger partial charge < -0.3 is 30.0 Å². The summed E-state index contributed by atoms with van der Waals surface area (Å²) in [5.41, 5.74) is 8.21. The topological polar surface area (TPSA) is 123 Å². The number of nitrogens with two attached hydrogens (primary N) is 1. The van der Waals surface area contributed by atoms with E-state index in [-0.39, 0.29) is 0 Å². The second kappa shape index (κ2) is 8.73. The normalized spacial score (nSPS) is 14.9. The van der Waals surface area contributed by atoms with Gasteiger partial charge in [0.2, 0.25) is 11.9 Å². The maximum absolute atomic E-state index is 12.4. The monoisotopic (exact) mass is 451 g/mol. The van der Waals surface area contributed by atoms with Crippen LogP contribution in [0.25, 0.3) is 11.4 Å². The van der Waals surface area contributed by atoms with Gasteiger partial charge in [-0.25, -0.2) is 4.68 Å². The third-order valence-electron chi connectivity index (χ3n) is 5.48. The van der Waals surface area contributed by atoms with Crippen LogP contribution in [0.15, 0.2) is 47.7 Å². The summed E-state index contributed by atoms with van der Waals surface area (Å²) in [6, 6.07) is 10.2. The number of fused-ring (bicyclic) bond motifs is 1. The molecule has 10 heteroatoms. The smallest absolute Gasteiger partial charge is 0.248 e. The number of carbonyl (C=O) groups excluding carboxylic acids is 1. The average Bonchev–Trinajstić information content (AvgIpc) is 3.25. The van der Waals surface area contributed by atoms with Crippen LogP contribution in [0.3, 0.4) is 0 Å². The van der Waals surface area contributed by atoms with Crippen molar-refractivity contribution in [3.05, 3.63) is 53.2 Å². The molecule has 3 aromatic rings. The highest BCUT2D eigenvalue weighted by molar-refractivity contribution is 5.95. The molecule has 0 radical (unpaired) electrons. The first-order valence-corrected chi connectivity index (χ1v) is 10.1. The zero-order valence-electron chi connectivity index (χ0n) is 19.0. The first-order chi connectivity index (χ1) is 15.9. The summed E-state index contributed by atoms with van der Waals surface area (Å²) in [7, 11) is 6.25. The molecule has 33 heavy (non-hydrogen) atoms.